The third-order valence-electron chi connectivity index (χ3n) is 6.00. The van der Waals surface area contributed by atoms with E-state index < -0.39 is 11.6 Å². The van der Waals surface area contributed by atoms with Gasteiger partial charge in [-0.05, 0) is 49.8 Å². The number of methoxy groups -OCH3 is 1. The quantitative estimate of drug-likeness (QED) is 0.761. The number of imide groups is 1. The van der Waals surface area contributed by atoms with Crippen molar-refractivity contribution in [1.82, 2.24) is 15.1 Å². The molecular formula is C21H29N3O4. The number of nitrogens with zero attached hydrogens (tertiary/aromatic N) is 2. The van der Waals surface area contributed by atoms with Crippen LogP contribution in [-0.2, 0) is 15.1 Å². The van der Waals surface area contributed by atoms with Crippen molar-refractivity contribution in [2.75, 3.05) is 20.2 Å². The van der Waals surface area contributed by atoms with E-state index in [-0.39, 0.29) is 24.4 Å². The van der Waals surface area contributed by atoms with E-state index in [4.69, 9.17) is 4.74 Å². The van der Waals surface area contributed by atoms with E-state index in [1.807, 2.05) is 11.8 Å². The molecule has 2 atom stereocenters. The molecule has 1 N–H and O–H groups in total. The van der Waals surface area contributed by atoms with Gasteiger partial charge in [0, 0.05) is 12.6 Å². The molecule has 0 aliphatic carbocycles. The lowest BCUT2D eigenvalue weighted by molar-refractivity contribution is -0.141. The van der Waals surface area contributed by atoms with Crippen molar-refractivity contribution in [1.29, 1.82) is 0 Å². The SMILES string of the molecule is CC[C@@H]1CCCCN1C(=O)CN1C(=O)N[C@](CC)(c2ccc(OC)cc2)C1=O. The number of piperidine rings is 1. The van der Waals surface area contributed by atoms with Crippen LogP contribution >= 0.6 is 0 Å². The molecule has 7 nitrogen and oxygen atoms in total. The Balaban J connectivity index is 1.80. The fourth-order valence-corrected chi connectivity index (χ4v) is 4.26. The second-order valence-corrected chi connectivity index (χ2v) is 7.45. The summed E-state index contributed by atoms with van der Waals surface area (Å²) in [6.45, 7) is 4.40. The van der Waals surface area contributed by atoms with Gasteiger partial charge in [-0.3, -0.25) is 14.5 Å². The van der Waals surface area contributed by atoms with Crippen molar-refractivity contribution in [3.8, 4) is 5.75 Å². The number of hydrogen-bond donors (Lipinski definition) is 1. The Hall–Kier alpha value is -2.57. The highest BCUT2D eigenvalue weighted by molar-refractivity contribution is 6.09. The fraction of sp³-hybridized carbons (Fsp3) is 0.571. The van der Waals surface area contributed by atoms with E-state index in [0.717, 1.165) is 30.6 Å². The minimum Gasteiger partial charge on any atom is -0.497 e. The average Bonchev–Trinajstić information content (AvgIpc) is 2.98. The number of rotatable bonds is 6. The first kappa shape index (κ1) is 20.2. The summed E-state index contributed by atoms with van der Waals surface area (Å²) >= 11 is 0. The van der Waals surface area contributed by atoms with Gasteiger partial charge < -0.3 is 15.0 Å². The number of ether oxygens (including phenoxy) is 1. The molecule has 2 aliphatic heterocycles. The second-order valence-electron chi connectivity index (χ2n) is 7.45. The summed E-state index contributed by atoms with van der Waals surface area (Å²) in [6.07, 6.45) is 4.34. The molecule has 0 saturated carbocycles. The van der Waals surface area contributed by atoms with E-state index in [1.165, 1.54) is 0 Å². The van der Waals surface area contributed by atoms with E-state index in [2.05, 4.69) is 12.2 Å². The van der Waals surface area contributed by atoms with Crippen molar-refractivity contribution < 1.29 is 19.1 Å². The Morgan fingerprint density at radius 2 is 1.93 bits per heavy atom. The molecule has 2 heterocycles. The number of carbonyl (C=O) groups is 3. The molecule has 3 rings (SSSR count). The van der Waals surface area contributed by atoms with Gasteiger partial charge in [0.25, 0.3) is 5.91 Å². The van der Waals surface area contributed by atoms with Gasteiger partial charge >= 0.3 is 6.03 Å². The zero-order chi connectivity index (χ0) is 20.3. The summed E-state index contributed by atoms with van der Waals surface area (Å²) in [5, 5.41) is 2.83. The van der Waals surface area contributed by atoms with Crippen LogP contribution in [0.3, 0.4) is 0 Å². The van der Waals surface area contributed by atoms with Crippen molar-refractivity contribution in [3.05, 3.63) is 29.8 Å². The summed E-state index contributed by atoms with van der Waals surface area (Å²) in [6, 6.07) is 6.77. The van der Waals surface area contributed by atoms with Crippen molar-refractivity contribution in [2.24, 2.45) is 0 Å². The molecule has 1 aromatic rings. The summed E-state index contributed by atoms with van der Waals surface area (Å²) in [5.41, 5.74) is -0.455. The Kier molecular flexibility index (Phi) is 5.91. The number of urea groups is 1. The molecule has 0 spiro atoms. The monoisotopic (exact) mass is 387 g/mol. The lowest BCUT2D eigenvalue weighted by Crippen LogP contribution is -2.49. The Bertz CT molecular complexity index is 749. The number of carbonyl (C=O) groups excluding carboxylic acids is 3. The van der Waals surface area contributed by atoms with Crippen LogP contribution in [0.4, 0.5) is 4.79 Å². The van der Waals surface area contributed by atoms with Gasteiger partial charge in [-0.2, -0.15) is 0 Å². The minimum absolute atomic E-state index is 0.156. The second kappa shape index (κ2) is 8.20. The van der Waals surface area contributed by atoms with Crippen LogP contribution in [0.15, 0.2) is 24.3 Å². The average molecular weight is 387 g/mol. The van der Waals surface area contributed by atoms with Crippen LogP contribution in [0.5, 0.6) is 5.75 Å². The number of nitrogens with one attached hydrogen (secondary N) is 1. The first-order valence-electron chi connectivity index (χ1n) is 10.0. The largest absolute Gasteiger partial charge is 0.497 e. The zero-order valence-electron chi connectivity index (χ0n) is 16.9. The standard InChI is InChI=1S/C21H29N3O4/c1-4-16-8-6-7-13-23(16)18(25)14-24-19(26)21(5-2,22-20(24)27)15-9-11-17(28-3)12-10-15/h9-12,16H,4-8,13-14H2,1-3H3,(H,22,27)/t16-,21-/m1/s1. The van der Waals surface area contributed by atoms with E-state index in [0.29, 0.717) is 24.3 Å². The fourth-order valence-electron chi connectivity index (χ4n) is 4.26. The molecule has 1 aromatic carbocycles. The summed E-state index contributed by atoms with van der Waals surface area (Å²) in [4.78, 5) is 41.6. The summed E-state index contributed by atoms with van der Waals surface area (Å²) in [7, 11) is 1.57. The highest BCUT2D eigenvalue weighted by Crippen LogP contribution is 2.33. The molecule has 2 fully saturated rings. The van der Waals surface area contributed by atoms with Crippen LogP contribution < -0.4 is 10.1 Å². The molecule has 0 radical (unpaired) electrons. The number of likely N-dealkylation sites (tertiary alicyclic amines) is 1. The molecular weight excluding hydrogens is 358 g/mol. The molecule has 0 aromatic heterocycles. The highest BCUT2D eigenvalue weighted by Gasteiger charge is 2.52. The first-order valence-corrected chi connectivity index (χ1v) is 10.0. The van der Waals surface area contributed by atoms with Gasteiger partial charge in [-0.1, -0.05) is 26.0 Å². The van der Waals surface area contributed by atoms with E-state index >= 15 is 0 Å². The lowest BCUT2D eigenvalue weighted by atomic mass is 9.87. The molecule has 4 amide bonds. The molecule has 2 saturated heterocycles. The predicted octanol–water partition coefficient (Wildman–Crippen LogP) is 2.64. The Morgan fingerprint density at radius 1 is 1.21 bits per heavy atom. The number of amides is 4. The van der Waals surface area contributed by atoms with Crippen LogP contribution in [0, 0.1) is 0 Å². The van der Waals surface area contributed by atoms with Crippen molar-refractivity contribution in [2.45, 2.75) is 57.5 Å². The van der Waals surface area contributed by atoms with Gasteiger partial charge in [0.2, 0.25) is 5.91 Å². The number of benzene rings is 1. The molecule has 28 heavy (non-hydrogen) atoms. The van der Waals surface area contributed by atoms with Gasteiger partial charge in [-0.25, -0.2) is 4.79 Å². The van der Waals surface area contributed by atoms with Gasteiger partial charge in [-0.15, -0.1) is 0 Å². The van der Waals surface area contributed by atoms with Gasteiger partial charge in [0.15, 0.2) is 0 Å². The summed E-state index contributed by atoms with van der Waals surface area (Å²) in [5.74, 6) is 0.148. The van der Waals surface area contributed by atoms with E-state index in [9.17, 15) is 14.4 Å². The van der Waals surface area contributed by atoms with Crippen LogP contribution in [-0.4, -0.2) is 53.9 Å². The highest BCUT2D eigenvalue weighted by atomic mass is 16.5. The third-order valence-corrected chi connectivity index (χ3v) is 6.00. The maximum Gasteiger partial charge on any atom is 0.325 e. The Morgan fingerprint density at radius 3 is 2.54 bits per heavy atom. The third kappa shape index (κ3) is 3.45. The van der Waals surface area contributed by atoms with Gasteiger partial charge in [0.1, 0.15) is 17.8 Å². The van der Waals surface area contributed by atoms with Crippen molar-refractivity contribution in [3.63, 3.8) is 0 Å². The van der Waals surface area contributed by atoms with Crippen LogP contribution in [0.1, 0.15) is 51.5 Å². The molecule has 0 unspecified atom stereocenters. The van der Waals surface area contributed by atoms with E-state index in [1.54, 1.807) is 31.4 Å². The van der Waals surface area contributed by atoms with Gasteiger partial charge in [0.05, 0.1) is 7.11 Å². The maximum atomic E-state index is 13.2. The molecule has 2 aliphatic rings. The Labute approximate surface area is 166 Å². The molecule has 152 valence electrons. The molecule has 7 heteroatoms. The van der Waals surface area contributed by atoms with Crippen LogP contribution in [0.25, 0.3) is 0 Å². The topological polar surface area (TPSA) is 79.0 Å². The van der Waals surface area contributed by atoms with Crippen LogP contribution in [0.2, 0.25) is 0 Å². The lowest BCUT2D eigenvalue weighted by Gasteiger charge is -2.36. The van der Waals surface area contributed by atoms with Crippen molar-refractivity contribution >= 4 is 17.8 Å². The molecule has 0 bridgehead atoms. The maximum absolute atomic E-state index is 13.2. The normalized spacial score (nSPS) is 25.0. The number of hydrogen-bond acceptors (Lipinski definition) is 4. The summed E-state index contributed by atoms with van der Waals surface area (Å²) < 4.78 is 5.18. The first-order chi connectivity index (χ1) is 13.5. The minimum atomic E-state index is -1.14. The smallest absolute Gasteiger partial charge is 0.325 e. The zero-order valence-corrected chi connectivity index (χ0v) is 16.9. The predicted molar refractivity (Wildman–Crippen MR) is 105 cm³/mol.